The number of ether oxygens (including phenoxy) is 1. The highest BCUT2D eigenvalue weighted by Gasteiger charge is 2.13. The number of rotatable bonds is 6. The molecule has 1 amide bonds. The number of carboxylic acid groups (broad SMARTS) is 1. The van der Waals surface area contributed by atoms with Crippen LogP contribution in [-0.4, -0.2) is 30.3 Å². The van der Waals surface area contributed by atoms with E-state index in [1.807, 2.05) is 0 Å². The van der Waals surface area contributed by atoms with Crippen LogP contribution in [0.5, 0.6) is 5.75 Å². The quantitative estimate of drug-likeness (QED) is 0.515. The van der Waals surface area contributed by atoms with Gasteiger partial charge in [-0.3, -0.25) is 4.79 Å². The third kappa shape index (κ3) is 4.21. The number of aromatic carboxylic acids is 1. The number of hydrogen-bond donors (Lipinski definition) is 2. The van der Waals surface area contributed by atoms with Crippen LogP contribution in [0.4, 0.5) is 0 Å². The van der Waals surface area contributed by atoms with Crippen molar-refractivity contribution in [1.29, 1.82) is 0 Å². The molecule has 7 heteroatoms. The van der Waals surface area contributed by atoms with E-state index in [-0.39, 0.29) is 11.5 Å². The standard InChI is InChI=1S/C20H16N2O5/c1-26-14-8-6-13(7-9-14)19(23)22-21-12-15-10-11-18(27-15)16-4-2-3-5-17(16)20(24)25/h2-12H,1H3,(H,22,23)(H,24,25)/b21-12-. The van der Waals surface area contributed by atoms with Crippen LogP contribution in [0.3, 0.4) is 0 Å². The van der Waals surface area contributed by atoms with Crippen LogP contribution in [-0.2, 0) is 0 Å². The first-order chi connectivity index (χ1) is 13.1. The molecule has 0 aliphatic carbocycles. The summed E-state index contributed by atoms with van der Waals surface area (Å²) >= 11 is 0. The third-order valence-corrected chi connectivity index (χ3v) is 3.76. The van der Waals surface area contributed by atoms with Gasteiger partial charge in [-0.15, -0.1) is 0 Å². The van der Waals surface area contributed by atoms with Crippen LogP contribution in [0.25, 0.3) is 11.3 Å². The van der Waals surface area contributed by atoms with Crippen molar-refractivity contribution in [2.75, 3.05) is 7.11 Å². The van der Waals surface area contributed by atoms with Gasteiger partial charge in [0.15, 0.2) is 0 Å². The molecule has 7 nitrogen and oxygen atoms in total. The minimum absolute atomic E-state index is 0.142. The number of hydrogen-bond acceptors (Lipinski definition) is 5. The number of carbonyl (C=O) groups is 2. The van der Waals surface area contributed by atoms with Crippen molar-refractivity contribution in [3.63, 3.8) is 0 Å². The molecule has 0 radical (unpaired) electrons. The van der Waals surface area contributed by atoms with Crippen molar-refractivity contribution in [2.45, 2.75) is 0 Å². The van der Waals surface area contributed by atoms with Crippen LogP contribution >= 0.6 is 0 Å². The van der Waals surface area contributed by atoms with Gasteiger partial charge in [0.05, 0.1) is 18.9 Å². The van der Waals surface area contributed by atoms with Gasteiger partial charge < -0.3 is 14.3 Å². The summed E-state index contributed by atoms with van der Waals surface area (Å²) in [6.07, 6.45) is 1.34. The van der Waals surface area contributed by atoms with Crippen molar-refractivity contribution in [2.24, 2.45) is 5.10 Å². The average Bonchev–Trinajstić information content (AvgIpc) is 3.16. The summed E-state index contributed by atoms with van der Waals surface area (Å²) in [6.45, 7) is 0. The molecule has 0 aliphatic heterocycles. The largest absolute Gasteiger partial charge is 0.497 e. The van der Waals surface area contributed by atoms with Crippen molar-refractivity contribution in [3.8, 4) is 17.1 Å². The first-order valence-electron chi connectivity index (χ1n) is 7.98. The lowest BCUT2D eigenvalue weighted by atomic mass is 10.1. The lowest BCUT2D eigenvalue weighted by Gasteiger charge is -2.02. The number of carboxylic acids is 1. The van der Waals surface area contributed by atoms with Gasteiger partial charge >= 0.3 is 5.97 Å². The molecule has 0 unspecified atom stereocenters. The van der Waals surface area contributed by atoms with Gasteiger partial charge in [0, 0.05) is 11.1 Å². The van der Waals surface area contributed by atoms with Crippen LogP contribution in [0.15, 0.2) is 70.2 Å². The molecule has 0 fully saturated rings. The van der Waals surface area contributed by atoms with Gasteiger partial charge in [0.25, 0.3) is 5.91 Å². The van der Waals surface area contributed by atoms with E-state index in [1.165, 1.54) is 12.3 Å². The van der Waals surface area contributed by atoms with Gasteiger partial charge in [-0.2, -0.15) is 5.10 Å². The Labute approximate surface area is 154 Å². The maximum absolute atomic E-state index is 12.0. The van der Waals surface area contributed by atoms with Gasteiger partial charge in [-0.25, -0.2) is 10.2 Å². The van der Waals surface area contributed by atoms with E-state index in [0.29, 0.717) is 28.4 Å². The Morgan fingerprint density at radius 1 is 1.07 bits per heavy atom. The van der Waals surface area contributed by atoms with Crippen LogP contribution in [0.2, 0.25) is 0 Å². The topological polar surface area (TPSA) is 101 Å². The second-order valence-electron chi connectivity index (χ2n) is 5.48. The summed E-state index contributed by atoms with van der Waals surface area (Å²) in [4.78, 5) is 23.3. The SMILES string of the molecule is COc1ccc(C(=O)N/N=C\c2ccc(-c3ccccc3C(=O)O)o2)cc1. The number of nitrogens with one attached hydrogen (secondary N) is 1. The second-order valence-corrected chi connectivity index (χ2v) is 5.48. The molecule has 2 N–H and O–H groups in total. The molecule has 0 spiro atoms. The van der Waals surface area contributed by atoms with Crippen LogP contribution in [0.1, 0.15) is 26.5 Å². The monoisotopic (exact) mass is 364 g/mol. The van der Waals surface area contributed by atoms with Gasteiger partial charge in [0.1, 0.15) is 17.3 Å². The summed E-state index contributed by atoms with van der Waals surface area (Å²) in [5.41, 5.74) is 3.44. The van der Waals surface area contributed by atoms with E-state index in [0.717, 1.165) is 0 Å². The first-order valence-corrected chi connectivity index (χ1v) is 7.98. The van der Waals surface area contributed by atoms with Crippen LogP contribution < -0.4 is 10.2 Å². The summed E-state index contributed by atoms with van der Waals surface area (Å²) in [7, 11) is 1.55. The van der Waals surface area contributed by atoms with E-state index in [2.05, 4.69) is 10.5 Å². The van der Waals surface area contributed by atoms with Gasteiger partial charge in [0.2, 0.25) is 0 Å². The highest BCUT2D eigenvalue weighted by atomic mass is 16.5. The Balaban J connectivity index is 1.69. The Kier molecular flexibility index (Phi) is 5.32. The molecule has 1 heterocycles. The second kappa shape index (κ2) is 8.01. The van der Waals surface area contributed by atoms with E-state index in [9.17, 15) is 14.7 Å². The smallest absolute Gasteiger partial charge is 0.336 e. The number of carbonyl (C=O) groups excluding carboxylic acids is 1. The molecular weight excluding hydrogens is 348 g/mol. The van der Waals surface area contributed by atoms with Crippen molar-refractivity contribution in [3.05, 3.63) is 77.6 Å². The molecular formula is C20H16N2O5. The van der Waals surface area contributed by atoms with E-state index in [4.69, 9.17) is 9.15 Å². The predicted molar refractivity (Wildman–Crippen MR) is 99.2 cm³/mol. The van der Waals surface area contributed by atoms with Crippen molar-refractivity contribution in [1.82, 2.24) is 5.43 Å². The fourth-order valence-electron chi connectivity index (χ4n) is 2.41. The molecule has 0 saturated carbocycles. The van der Waals surface area contributed by atoms with E-state index in [1.54, 1.807) is 61.7 Å². The summed E-state index contributed by atoms with van der Waals surface area (Å²) in [5.74, 6) is 0.0110. The van der Waals surface area contributed by atoms with Crippen molar-refractivity contribution < 1.29 is 23.8 Å². The zero-order chi connectivity index (χ0) is 19.2. The minimum atomic E-state index is -1.04. The zero-order valence-electron chi connectivity index (χ0n) is 14.4. The Morgan fingerprint density at radius 3 is 2.52 bits per heavy atom. The number of hydrazone groups is 1. The summed E-state index contributed by atoms with van der Waals surface area (Å²) in [6, 6.07) is 16.4. The molecule has 1 aromatic heterocycles. The fraction of sp³-hybridized carbons (Fsp3) is 0.0500. The predicted octanol–water partition coefficient (Wildman–Crippen LogP) is 3.42. The highest BCUT2D eigenvalue weighted by molar-refractivity contribution is 5.96. The molecule has 0 bridgehead atoms. The number of benzene rings is 2. The van der Waals surface area contributed by atoms with Crippen molar-refractivity contribution >= 4 is 18.1 Å². The number of amides is 1. The lowest BCUT2D eigenvalue weighted by molar-refractivity contribution is 0.0697. The Morgan fingerprint density at radius 2 is 1.81 bits per heavy atom. The molecule has 3 rings (SSSR count). The third-order valence-electron chi connectivity index (χ3n) is 3.76. The number of nitrogens with zero attached hydrogens (tertiary/aromatic N) is 1. The lowest BCUT2D eigenvalue weighted by Crippen LogP contribution is -2.17. The molecule has 2 aromatic carbocycles. The van der Waals surface area contributed by atoms with Gasteiger partial charge in [-0.05, 0) is 42.5 Å². The molecule has 0 atom stereocenters. The molecule has 0 aliphatic rings. The Bertz CT molecular complexity index is 990. The normalized spacial score (nSPS) is 10.7. The molecule has 0 saturated heterocycles. The molecule has 27 heavy (non-hydrogen) atoms. The zero-order valence-corrected chi connectivity index (χ0v) is 14.4. The maximum atomic E-state index is 12.0. The maximum Gasteiger partial charge on any atom is 0.336 e. The highest BCUT2D eigenvalue weighted by Crippen LogP contribution is 2.25. The number of methoxy groups -OCH3 is 1. The van der Waals surface area contributed by atoms with Gasteiger partial charge in [-0.1, -0.05) is 18.2 Å². The molecule has 136 valence electrons. The number of furan rings is 1. The summed E-state index contributed by atoms with van der Waals surface area (Å²) in [5, 5.41) is 13.1. The van der Waals surface area contributed by atoms with Crippen LogP contribution in [0, 0.1) is 0 Å². The van der Waals surface area contributed by atoms with E-state index < -0.39 is 5.97 Å². The molecule has 3 aromatic rings. The fourth-order valence-corrected chi connectivity index (χ4v) is 2.41. The average molecular weight is 364 g/mol. The first kappa shape index (κ1) is 17.9. The Hall–Kier alpha value is -3.87. The van der Waals surface area contributed by atoms with E-state index >= 15 is 0 Å². The minimum Gasteiger partial charge on any atom is -0.497 e. The summed E-state index contributed by atoms with van der Waals surface area (Å²) < 4.78 is 10.6.